The van der Waals surface area contributed by atoms with Crippen LogP contribution in [0.2, 0.25) is 0 Å². The zero-order valence-electron chi connectivity index (χ0n) is 6.17. The van der Waals surface area contributed by atoms with E-state index in [1.807, 2.05) is 0 Å². The molecule has 2 nitrogen and oxygen atoms in total. The topological polar surface area (TPSA) is 37.3 Å². The van der Waals surface area contributed by atoms with E-state index < -0.39 is 5.60 Å². The second-order valence-corrected chi connectivity index (χ2v) is 2.97. The summed E-state index contributed by atoms with van der Waals surface area (Å²) in [4.78, 5) is 10.9. The van der Waals surface area contributed by atoms with Crippen LogP contribution in [0.3, 0.4) is 0 Å². The first kappa shape index (κ1) is 8.50. The molecular formula is C8H9ClO2. The number of halogens is 1. The van der Waals surface area contributed by atoms with Crippen LogP contribution in [0, 0.1) is 0 Å². The zero-order valence-corrected chi connectivity index (χ0v) is 6.93. The van der Waals surface area contributed by atoms with E-state index in [0.717, 1.165) is 0 Å². The third-order valence-corrected chi connectivity index (χ3v) is 2.21. The van der Waals surface area contributed by atoms with Crippen molar-refractivity contribution in [2.45, 2.75) is 18.9 Å². The molecule has 1 aliphatic carbocycles. The standard InChI is InChI=1S/C8H9ClO2/c1-6(10)8(11)5-3-2-4-7(8)9/h2-4,11H,5H2,1H3. The van der Waals surface area contributed by atoms with Crippen molar-refractivity contribution >= 4 is 17.4 Å². The molecule has 0 amide bonds. The maximum absolute atomic E-state index is 10.9. The second kappa shape index (κ2) is 2.80. The van der Waals surface area contributed by atoms with E-state index in [1.165, 1.54) is 13.0 Å². The Morgan fingerprint density at radius 3 is 2.82 bits per heavy atom. The summed E-state index contributed by atoms with van der Waals surface area (Å²) >= 11 is 5.66. The Morgan fingerprint density at radius 2 is 2.45 bits per heavy atom. The first-order chi connectivity index (χ1) is 5.07. The Labute approximate surface area is 70.2 Å². The van der Waals surface area contributed by atoms with Gasteiger partial charge in [-0.1, -0.05) is 23.8 Å². The van der Waals surface area contributed by atoms with Gasteiger partial charge in [0.15, 0.2) is 11.4 Å². The summed E-state index contributed by atoms with van der Waals surface area (Å²) in [5.74, 6) is -0.317. The molecule has 0 spiro atoms. The van der Waals surface area contributed by atoms with Crippen molar-refractivity contribution in [3.05, 3.63) is 23.3 Å². The molecule has 60 valence electrons. The van der Waals surface area contributed by atoms with Gasteiger partial charge in [-0.05, 0) is 13.0 Å². The van der Waals surface area contributed by atoms with E-state index in [9.17, 15) is 9.90 Å². The molecular weight excluding hydrogens is 164 g/mol. The predicted molar refractivity (Wildman–Crippen MR) is 43.3 cm³/mol. The van der Waals surface area contributed by atoms with Crippen LogP contribution < -0.4 is 0 Å². The summed E-state index contributed by atoms with van der Waals surface area (Å²) in [6.45, 7) is 1.33. The van der Waals surface area contributed by atoms with Crippen molar-refractivity contribution in [1.82, 2.24) is 0 Å². The number of ketones is 1. The number of Topliss-reactive ketones (excluding diaryl/α,β-unsaturated/α-hetero) is 1. The fourth-order valence-corrected chi connectivity index (χ4v) is 1.22. The molecule has 0 aromatic carbocycles. The van der Waals surface area contributed by atoms with Crippen LogP contribution >= 0.6 is 11.6 Å². The number of carbonyl (C=O) groups excluding carboxylic acids is 1. The smallest absolute Gasteiger partial charge is 0.167 e. The highest BCUT2D eigenvalue weighted by molar-refractivity contribution is 6.33. The van der Waals surface area contributed by atoms with Gasteiger partial charge < -0.3 is 5.11 Å². The fourth-order valence-electron chi connectivity index (χ4n) is 0.938. The molecule has 0 aromatic heterocycles. The maximum Gasteiger partial charge on any atom is 0.167 e. The zero-order chi connectivity index (χ0) is 8.48. The van der Waals surface area contributed by atoms with Gasteiger partial charge in [0, 0.05) is 6.42 Å². The molecule has 0 aliphatic heterocycles. The summed E-state index contributed by atoms with van der Waals surface area (Å²) in [7, 11) is 0. The van der Waals surface area contributed by atoms with Gasteiger partial charge in [0.2, 0.25) is 0 Å². The van der Waals surface area contributed by atoms with E-state index in [1.54, 1.807) is 12.2 Å². The molecule has 1 atom stereocenters. The van der Waals surface area contributed by atoms with Gasteiger partial charge in [-0.3, -0.25) is 4.79 Å². The molecule has 0 fully saturated rings. The largest absolute Gasteiger partial charge is 0.376 e. The SMILES string of the molecule is CC(=O)C1(O)CC=CC=C1Cl. The van der Waals surface area contributed by atoms with Gasteiger partial charge in [0.25, 0.3) is 0 Å². The van der Waals surface area contributed by atoms with E-state index in [0.29, 0.717) is 0 Å². The average molecular weight is 173 g/mol. The summed E-state index contributed by atoms with van der Waals surface area (Å²) in [5, 5.41) is 9.82. The Bertz CT molecular complexity index is 242. The van der Waals surface area contributed by atoms with Crippen molar-refractivity contribution in [2.75, 3.05) is 0 Å². The predicted octanol–water partition coefficient (Wildman–Crippen LogP) is 1.39. The van der Waals surface area contributed by atoms with Gasteiger partial charge in [-0.2, -0.15) is 0 Å². The van der Waals surface area contributed by atoms with Gasteiger partial charge in [-0.15, -0.1) is 0 Å². The Morgan fingerprint density at radius 1 is 1.82 bits per heavy atom. The van der Waals surface area contributed by atoms with Crippen LogP contribution in [-0.4, -0.2) is 16.5 Å². The van der Waals surface area contributed by atoms with E-state index >= 15 is 0 Å². The van der Waals surface area contributed by atoms with Crippen molar-refractivity contribution in [3.8, 4) is 0 Å². The van der Waals surface area contributed by atoms with E-state index in [2.05, 4.69) is 0 Å². The molecule has 0 aromatic rings. The molecule has 1 N–H and O–H groups in total. The van der Waals surface area contributed by atoms with Crippen LogP contribution in [0.25, 0.3) is 0 Å². The second-order valence-electron chi connectivity index (χ2n) is 2.56. The summed E-state index contributed by atoms with van der Waals surface area (Å²) in [6, 6.07) is 0. The van der Waals surface area contributed by atoms with Crippen molar-refractivity contribution in [1.29, 1.82) is 0 Å². The van der Waals surface area contributed by atoms with Gasteiger partial charge in [-0.25, -0.2) is 0 Å². The molecule has 0 bridgehead atoms. The fraction of sp³-hybridized carbons (Fsp3) is 0.375. The monoisotopic (exact) mass is 172 g/mol. The lowest BCUT2D eigenvalue weighted by Gasteiger charge is -2.24. The van der Waals surface area contributed by atoms with Crippen LogP contribution in [0.5, 0.6) is 0 Å². The average Bonchev–Trinajstić information content (AvgIpc) is 1.95. The molecule has 1 rings (SSSR count). The third kappa shape index (κ3) is 1.37. The van der Waals surface area contributed by atoms with Crippen LogP contribution in [0.1, 0.15) is 13.3 Å². The molecule has 0 heterocycles. The lowest BCUT2D eigenvalue weighted by molar-refractivity contribution is -0.130. The molecule has 1 aliphatic rings. The Kier molecular flexibility index (Phi) is 2.16. The lowest BCUT2D eigenvalue weighted by Crippen LogP contribution is -2.37. The lowest BCUT2D eigenvalue weighted by atomic mass is 9.91. The normalized spacial score (nSPS) is 29.9. The number of aliphatic hydroxyl groups is 1. The van der Waals surface area contributed by atoms with Crippen LogP contribution in [0.4, 0.5) is 0 Å². The molecule has 11 heavy (non-hydrogen) atoms. The minimum atomic E-state index is -1.46. The van der Waals surface area contributed by atoms with Gasteiger partial charge >= 0.3 is 0 Å². The number of allylic oxidation sites excluding steroid dienone is 2. The minimum absolute atomic E-state index is 0.201. The minimum Gasteiger partial charge on any atom is -0.376 e. The summed E-state index contributed by atoms with van der Waals surface area (Å²) in [5.41, 5.74) is -1.46. The Balaban J connectivity index is 2.97. The van der Waals surface area contributed by atoms with Crippen molar-refractivity contribution in [2.24, 2.45) is 0 Å². The number of rotatable bonds is 1. The summed E-state index contributed by atoms with van der Waals surface area (Å²) < 4.78 is 0. The summed E-state index contributed by atoms with van der Waals surface area (Å²) in [6.07, 6.45) is 5.25. The number of hydrogen-bond acceptors (Lipinski definition) is 2. The molecule has 0 saturated heterocycles. The quantitative estimate of drug-likeness (QED) is 0.649. The highest BCUT2D eigenvalue weighted by atomic mass is 35.5. The van der Waals surface area contributed by atoms with Crippen molar-refractivity contribution < 1.29 is 9.90 Å². The van der Waals surface area contributed by atoms with Gasteiger partial charge in [0.05, 0.1) is 5.03 Å². The molecule has 1 unspecified atom stereocenters. The van der Waals surface area contributed by atoms with Crippen LogP contribution in [-0.2, 0) is 4.79 Å². The third-order valence-electron chi connectivity index (χ3n) is 1.77. The van der Waals surface area contributed by atoms with Crippen molar-refractivity contribution in [3.63, 3.8) is 0 Å². The highest BCUT2D eigenvalue weighted by Gasteiger charge is 2.35. The molecule has 0 saturated carbocycles. The first-order valence-corrected chi connectivity index (χ1v) is 3.71. The number of hydrogen-bond donors (Lipinski definition) is 1. The maximum atomic E-state index is 10.9. The Hall–Kier alpha value is -0.600. The van der Waals surface area contributed by atoms with E-state index in [4.69, 9.17) is 11.6 Å². The van der Waals surface area contributed by atoms with Gasteiger partial charge in [0.1, 0.15) is 0 Å². The van der Waals surface area contributed by atoms with E-state index in [-0.39, 0.29) is 17.2 Å². The molecule has 3 heteroatoms. The van der Waals surface area contributed by atoms with Crippen LogP contribution in [0.15, 0.2) is 23.3 Å². The highest BCUT2D eigenvalue weighted by Crippen LogP contribution is 2.29. The molecule has 0 radical (unpaired) electrons. The number of carbonyl (C=O) groups is 1. The first-order valence-electron chi connectivity index (χ1n) is 3.33.